The Balaban J connectivity index is 2.05. The molecule has 3 rings (SSSR count). The number of rotatable bonds is 7. The highest BCUT2D eigenvalue weighted by molar-refractivity contribution is 6.30. The van der Waals surface area contributed by atoms with Crippen LogP contribution in [0.5, 0.6) is 0 Å². The minimum atomic E-state index is -0.814. The van der Waals surface area contributed by atoms with E-state index >= 15 is 0 Å². The molecule has 2 aromatic carbocycles. The van der Waals surface area contributed by atoms with Gasteiger partial charge < -0.3 is 20.7 Å². The maximum atomic E-state index is 13.0. The molecule has 0 spiro atoms. The number of primary amides is 1. The molecule has 164 valence electrons. The largest absolute Gasteiger partial charge is 0.368 e. The number of benzene rings is 2. The first-order chi connectivity index (χ1) is 14.8. The van der Waals surface area contributed by atoms with Gasteiger partial charge in [-0.25, -0.2) is 0 Å². The maximum absolute atomic E-state index is 13.0. The molecule has 1 heterocycles. The third kappa shape index (κ3) is 5.36. The van der Waals surface area contributed by atoms with Crippen LogP contribution in [0.15, 0.2) is 48.5 Å². The van der Waals surface area contributed by atoms with Gasteiger partial charge in [0.15, 0.2) is 0 Å². The summed E-state index contributed by atoms with van der Waals surface area (Å²) in [6.45, 7) is 1.31. The van der Waals surface area contributed by atoms with Crippen molar-refractivity contribution < 1.29 is 19.1 Å². The molecule has 1 saturated heterocycles. The highest BCUT2D eigenvalue weighted by atomic mass is 35.5. The first-order valence-corrected chi connectivity index (χ1v) is 10.6. The number of carbonyl (C=O) groups excluding carboxylic acids is 3. The summed E-state index contributed by atoms with van der Waals surface area (Å²) < 4.78 is 5.94. The van der Waals surface area contributed by atoms with Crippen molar-refractivity contribution in [1.82, 2.24) is 10.2 Å². The predicted molar refractivity (Wildman–Crippen MR) is 117 cm³/mol. The Morgan fingerprint density at radius 2 is 1.65 bits per heavy atom. The molecule has 3 unspecified atom stereocenters. The van der Waals surface area contributed by atoms with Gasteiger partial charge in [0.2, 0.25) is 17.7 Å². The van der Waals surface area contributed by atoms with Gasteiger partial charge in [0.05, 0.1) is 12.6 Å². The minimum absolute atomic E-state index is 0.184. The van der Waals surface area contributed by atoms with Crippen LogP contribution in [-0.4, -0.2) is 41.8 Å². The lowest BCUT2D eigenvalue weighted by atomic mass is 9.91. The zero-order valence-corrected chi connectivity index (χ0v) is 18.4. The van der Waals surface area contributed by atoms with Crippen molar-refractivity contribution in [2.75, 3.05) is 13.2 Å². The van der Waals surface area contributed by atoms with E-state index in [1.54, 1.807) is 43.3 Å². The lowest BCUT2D eigenvalue weighted by Crippen LogP contribution is -2.56. The summed E-state index contributed by atoms with van der Waals surface area (Å²) in [5, 5.41) is 3.63. The zero-order valence-electron chi connectivity index (χ0n) is 16.9. The summed E-state index contributed by atoms with van der Waals surface area (Å²) in [6, 6.07) is 12.8. The van der Waals surface area contributed by atoms with Crippen LogP contribution in [0.1, 0.15) is 36.6 Å². The first kappa shape index (κ1) is 23.1. The smallest absolute Gasteiger partial charge is 0.249 e. The Labute approximate surface area is 190 Å². The van der Waals surface area contributed by atoms with Crippen molar-refractivity contribution >= 4 is 40.9 Å². The fourth-order valence-corrected chi connectivity index (χ4v) is 3.97. The first-order valence-electron chi connectivity index (χ1n) is 9.81. The summed E-state index contributed by atoms with van der Waals surface area (Å²) in [4.78, 5) is 38.5. The molecule has 9 heteroatoms. The van der Waals surface area contributed by atoms with Crippen molar-refractivity contribution in [1.29, 1.82) is 0 Å². The molecule has 0 bridgehead atoms. The highest BCUT2D eigenvalue weighted by Crippen LogP contribution is 2.42. The SMILES string of the molecule is CCC(C(=O)NCC(N)=O)N1C(=O)COC(c2ccc(Cl)cc2)C1c1ccc(Cl)cc1. The summed E-state index contributed by atoms with van der Waals surface area (Å²) in [5.41, 5.74) is 6.73. The molecule has 3 N–H and O–H groups in total. The lowest BCUT2D eigenvalue weighted by Gasteiger charge is -2.44. The molecule has 0 aromatic heterocycles. The molecule has 3 atom stereocenters. The van der Waals surface area contributed by atoms with Crippen LogP contribution in [0.2, 0.25) is 10.0 Å². The van der Waals surface area contributed by atoms with E-state index in [4.69, 9.17) is 33.7 Å². The summed E-state index contributed by atoms with van der Waals surface area (Å²) in [7, 11) is 0. The molecule has 1 aliphatic heterocycles. The van der Waals surface area contributed by atoms with Crippen molar-refractivity contribution in [3.05, 3.63) is 69.7 Å². The number of carbonyl (C=O) groups is 3. The normalized spacial score (nSPS) is 19.7. The Morgan fingerprint density at radius 3 is 2.16 bits per heavy atom. The van der Waals surface area contributed by atoms with Crippen molar-refractivity contribution in [3.8, 4) is 0 Å². The van der Waals surface area contributed by atoms with E-state index in [1.165, 1.54) is 4.90 Å². The Kier molecular flexibility index (Phi) is 7.54. The van der Waals surface area contributed by atoms with Crippen LogP contribution in [0.25, 0.3) is 0 Å². The van der Waals surface area contributed by atoms with E-state index < -0.39 is 30.0 Å². The predicted octanol–water partition coefficient (Wildman–Crippen LogP) is 3.01. The zero-order chi connectivity index (χ0) is 22.5. The van der Waals surface area contributed by atoms with Crippen LogP contribution >= 0.6 is 23.2 Å². The Bertz CT molecular complexity index is 950. The molecule has 0 aliphatic carbocycles. The van der Waals surface area contributed by atoms with Gasteiger partial charge >= 0.3 is 0 Å². The van der Waals surface area contributed by atoms with E-state index in [2.05, 4.69) is 5.32 Å². The van der Waals surface area contributed by atoms with Crippen molar-refractivity contribution in [2.45, 2.75) is 31.5 Å². The maximum Gasteiger partial charge on any atom is 0.249 e. The quantitative estimate of drug-likeness (QED) is 0.658. The molecule has 31 heavy (non-hydrogen) atoms. The second kappa shape index (κ2) is 10.1. The number of halogens is 2. The Hall–Kier alpha value is -2.61. The van der Waals surface area contributed by atoms with Gasteiger partial charge in [0, 0.05) is 10.0 Å². The summed E-state index contributed by atoms with van der Waals surface area (Å²) in [6.07, 6.45) is -0.192. The van der Waals surface area contributed by atoms with Gasteiger partial charge in [-0.2, -0.15) is 0 Å². The number of nitrogens with zero attached hydrogens (tertiary/aromatic N) is 1. The second-order valence-corrected chi connectivity index (χ2v) is 8.06. The van der Waals surface area contributed by atoms with E-state index in [0.717, 1.165) is 11.1 Å². The van der Waals surface area contributed by atoms with Gasteiger partial charge in [0.1, 0.15) is 18.8 Å². The van der Waals surface area contributed by atoms with Crippen LogP contribution in [0.3, 0.4) is 0 Å². The number of morpholine rings is 1. The Morgan fingerprint density at radius 1 is 1.10 bits per heavy atom. The van der Waals surface area contributed by atoms with E-state index in [9.17, 15) is 14.4 Å². The van der Waals surface area contributed by atoms with E-state index in [0.29, 0.717) is 16.5 Å². The lowest BCUT2D eigenvalue weighted by molar-refractivity contribution is -0.166. The number of hydrogen-bond acceptors (Lipinski definition) is 4. The molecular formula is C22H23Cl2N3O4. The van der Waals surface area contributed by atoms with Crippen molar-refractivity contribution in [3.63, 3.8) is 0 Å². The molecule has 2 aromatic rings. The molecule has 0 saturated carbocycles. The monoisotopic (exact) mass is 463 g/mol. The standard InChI is InChI=1S/C22H23Cl2N3O4/c1-2-17(22(30)26-11-18(25)28)27-19(29)12-31-21(14-5-9-16(24)10-6-14)20(27)13-3-7-15(23)8-4-13/h3-10,17,20-21H,2,11-12H2,1H3,(H2,25,28)(H,26,30). The second-order valence-electron chi connectivity index (χ2n) is 7.19. The fraction of sp³-hybridized carbons (Fsp3) is 0.318. The van der Waals surface area contributed by atoms with Gasteiger partial charge in [-0.1, -0.05) is 54.4 Å². The van der Waals surface area contributed by atoms with Gasteiger partial charge in [-0.3, -0.25) is 14.4 Å². The molecule has 1 fully saturated rings. The molecule has 7 nitrogen and oxygen atoms in total. The third-order valence-corrected chi connectivity index (χ3v) is 5.64. The molecule has 1 aliphatic rings. The average Bonchev–Trinajstić information content (AvgIpc) is 2.75. The third-order valence-electron chi connectivity index (χ3n) is 5.13. The summed E-state index contributed by atoms with van der Waals surface area (Å²) >= 11 is 12.1. The summed E-state index contributed by atoms with van der Waals surface area (Å²) in [5.74, 6) is -1.44. The number of nitrogens with two attached hydrogens (primary N) is 1. The van der Waals surface area contributed by atoms with E-state index in [-0.39, 0.29) is 19.1 Å². The highest BCUT2D eigenvalue weighted by Gasteiger charge is 2.43. The van der Waals surface area contributed by atoms with Crippen LogP contribution < -0.4 is 11.1 Å². The number of amides is 3. The minimum Gasteiger partial charge on any atom is -0.368 e. The van der Waals surface area contributed by atoms with Crippen molar-refractivity contribution in [2.24, 2.45) is 5.73 Å². The molecular weight excluding hydrogens is 441 g/mol. The number of nitrogens with one attached hydrogen (secondary N) is 1. The topological polar surface area (TPSA) is 102 Å². The van der Waals surface area contributed by atoms with Crippen LogP contribution in [0, 0.1) is 0 Å². The fourth-order valence-electron chi connectivity index (χ4n) is 3.72. The number of hydrogen-bond donors (Lipinski definition) is 2. The molecule has 0 radical (unpaired) electrons. The van der Waals surface area contributed by atoms with E-state index in [1.807, 2.05) is 12.1 Å². The van der Waals surface area contributed by atoms with Crippen LogP contribution in [0.4, 0.5) is 0 Å². The number of ether oxygens (including phenoxy) is 1. The van der Waals surface area contributed by atoms with Crippen LogP contribution in [-0.2, 0) is 19.1 Å². The van der Waals surface area contributed by atoms with Gasteiger partial charge in [-0.15, -0.1) is 0 Å². The van der Waals surface area contributed by atoms with Gasteiger partial charge in [-0.05, 0) is 41.8 Å². The average molecular weight is 464 g/mol. The molecule has 3 amide bonds. The van der Waals surface area contributed by atoms with Gasteiger partial charge in [0.25, 0.3) is 0 Å².